The maximum absolute atomic E-state index is 12.9. The average molecular weight is 308 g/mol. The fourth-order valence-corrected chi connectivity index (χ4v) is 5.59. The Hall–Kier alpha value is -1.82. The Morgan fingerprint density at radius 2 is 1.65 bits per heavy atom. The van der Waals surface area contributed by atoms with E-state index in [0.29, 0.717) is 17.4 Å². The highest BCUT2D eigenvalue weighted by Crippen LogP contribution is 2.56. The lowest BCUT2D eigenvalue weighted by atomic mass is 9.51. The number of nitrogens with one attached hydrogen (secondary N) is 1. The van der Waals surface area contributed by atoms with E-state index in [1.807, 2.05) is 31.2 Å². The Kier molecular flexibility index (Phi) is 3.64. The quantitative estimate of drug-likeness (QED) is 0.923. The van der Waals surface area contributed by atoms with Crippen molar-refractivity contribution in [3.05, 3.63) is 35.4 Å². The molecule has 0 heterocycles. The van der Waals surface area contributed by atoms with Gasteiger partial charge in [-0.3, -0.25) is 4.79 Å². The zero-order chi connectivity index (χ0) is 16.0. The van der Waals surface area contributed by atoms with Crippen molar-refractivity contribution in [1.29, 1.82) is 5.26 Å². The molecule has 4 saturated carbocycles. The fraction of sp³-hybridized carbons (Fsp3) is 0.600. The normalized spacial score (nSPS) is 35.6. The highest BCUT2D eigenvalue weighted by molar-refractivity contribution is 5.80. The Labute approximate surface area is 138 Å². The summed E-state index contributed by atoms with van der Waals surface area (Å²) in [4.78, 5) is 12.9. The monoisotopic (exact) mass is 308 g/mol. The van der Waals surface area contributed by atoms with Crippen molar-refractivity contribution in [1.82, 2.24) is 5.32 Å². The molecule has 4 bridgehead atoms. The molecule has 4 aliphatic carbocycles. The van der Waals surface area contributed by atoms with Gasteiger partial charge in [-0.15, -0.1) is 0 Å². The molecule has 120 valence electrons. The summed E-state index contributed by atoms with van der Waals surface area (Å²) in [6.07, 6.45) is 6.52. The minimum Gasteiger partial charge on any atom is -0.349 e. The summed E-state index contributed by atoms with van der Waals surface area (Å²) < 4.78 is 0. The van der Waals surface area contributed by atoms with Crippen molar-refractivity contribution in [2.24, 2.45) is 29.6 Å². The number of nitrogens with zero attached hydrogens (tertiary/aromatic N) is 1. The van der Waals surface area contributed by atoms with Crippen LogP contribution in [-0.4, -0.2) is 5.91 Å². The molecule has 1 N–H and O–H groups in total. The number of carbonyl (C=O) groups is 1. The maximum atomic E-state index is 12.9. The summed E-state index contributed by atoms with van der Waals surface area (Å²) >= 11 is 0. The van der Waals surface area contributed by atoms with Crippen LogP contribution in [0, 0.1) is 40.9 Å². The molecule has 0 aromatic heterocycles. The first-order valence-electron chi connectivity index (χ1n) is 8.94. The second-order valence-corrected chi connectivity index (χ2v) is 7.92. The van der Waals surface area contributed by atoms with Gasteiger partial charge in [-0.1, -0.05) is 12.1 Å². The second-order valence-electron chi connectivity index (χ2n) is 7.92. The van der Waals surface area contributed by atoms with E-state index < -0.39 is 0 Å². The first-order valence-corrected chi connectivity index (χ1v) is 8.94. The maximum Gasteiger partial charge on any atom is 0.224 e. The van der Waals surface area contributed by atoms with Crippen LogP contribution in [0.4, 0.5) is 0 Å². The van der Waals surface area contributed by atoms with Crippen molar-refractivity contribution in [2.75, 3.05) is 0 Å². The molecule has 23 heavy (non-hydrogen) atoms. The van der Waals surface area contributed by atoms with E-state index in [9.17, 15) is 4.79 Å². The van der Waals surface area contributed by atoms with Gasteiger partial charge in [0.1, 0.15) is 0 Å². The molecule has 0 spiro atoms. The van der Waals surface area contributed by atoms with Crippen molar-refractivity contribution in [3.63, 3.8) is 0 Å². The summed E-state index contributed by atoms with van der Waals surface area (Å²) in [5, 5.41) is 12.1. The number of rotatable bonds is 3. The molecule has 0 saturated heterocycles. The lowest BCUT2D eigenvalue weighted by Gasteiger charge is -2.53. The van der Waals surface area contributed by atoms with Gasteiger partial charge in [-0.25, -0.2) is 0 Å². The Morgan fingerprint density at radius 1 is 1.09 bits per heavy atom. The molecule has 3 nitrogen and oxygen atoms in total. The Morgan fingerprint density at radius 3 is 2.17 bits per heavy atom. The molecule has 5 rings (SSSR count). The van der Waals surface area contributed by atoms with Crippen LogP contribution in [0.1, 0.15) is 56.2 Å². The van der Waals surface area contributed by atoms with E-state index in [1.54, 1.807) is 0 Å². The van der Waals surface area contributed by atoms with Gasteiger partial charge in [0.2, 0.25) is 5.91 Å². The number of hydrogen-bond donors (Lipinski definition) is 1. The van der Waals surface area contributed by atoms with Crippen molar-refractivity contribution < 1.29 is 4.79 Å². The summed E-state index contributed by atoms with van der Waals surface area (Å²) in [5.74, 6) is 3.55. The lowest BCUT2D eigenvalue weighted by molar-refractivity contribution is -0.138. The predicted octanol–water partition coefficient (Wildman–Crippen LogP) is 3.81. The van der Waals surface area contributed by atoms with Gasteiger partial charge in [0, 0.05) is 5.92 Å². The minimum atomic E-state index is 0.00688. The van der Waals surface area contributed by atoms with Gasteiger partial charge < -0.3 is 5.32 Å². The SMILES string of the molecule is CC(NC(=O)C1C2CC3CC(C2)CC1C3)c1ccc(C#N)cc1. The highest BCUT2D eigenvalue weighted by Gasteiger charge is 2.50. The van der Waals surface area contributed by atoms with Crippen LogP contribution in [0.2, 0.25) is 0 Å². The van der Waals surface area contributed by atoms with E-state index in [2.05, 4.69) is 11.4 Å². The standard InChI is InChI=1S/C20H24N2O/c1-12(16-4-2-13(11-21)3-5-16)22-20(23)19-17-7-14-6-15(9-17)10-18(19)8-14/h2-5,12,14-15,17-19H,6-10H2,1H3,(H,22,23). The van der Waals surface area contributed by atoms with E-state index in [0.717, 1.165) is 17.4 Å². The van der Waals surface area contributed by atoms with Crippen LogP contribution in [-0.2, 0) is 4.79 Å². The van der Waals surface area contributed by atoms with Crippen LogP contribution in [0.5, 0.6) is 0 Å². The number of amides is 1. The van der Waals surface area contributed by atoms with Gasteiger partial charge in [-0.2, -0.15) is 5.26 Å². The number of benzene rings is 1. The van der Waals surface area contributed by atoms with Crippen LogP contribution in [0.3, 0.4) is 0 Å². The molecule has 0 radical (unpaired) electrons. The molecule has 3 heteroatoms. The third-order valence-electron chi connectivity index (χ3n) is 6.43. The topological polar surface area (TPSA) is 52.9 Å². The fourth-order valence-electron chi connectivity index (χ4n) is 5.59. The van der Waals surface area contributed by atoms with E-state index in [1.165, 1.54) is 32.1 Å². The summed E-state index contributed by atoms with van der Waals surface area (Å²) in [7, 11) is 0. The summed E-state index contributed by atoms with van der Waals surface area (Å²) in [6.45, 7) is 2.04. The third-order valence-corrected chi connectivity index (χ3v) is 6.43. The van der Waals surface area contributed by atoms with Crippen LogP contribution < -0.4 is 5.32 Å². The first kappa shape index (κ1) is 14.8. The molecular formula is C20H24N2O. The molecule has 4 aliphatic rings. The van der Waals surface area contributed by atoms with Crippen molar-refractivity contribution in [2.45, 2.75) is 45.1 Å². The van der Waals surface area contributed by atoms with Gasteiger partial charge in [0.05, 0.1) is 17.7 Å². The molecular weight excluding hydrogens is 284 g/mol. The van der Waals surface area contributed by atoms with Gasteiger partial charge >= 0.3 is 0 Å². The summed E-state index contributed by atoms with van der Waals surface area (Å²) in [6, 6.07) is 9.67. The third kappa shape index (κ3) is 2.65. The molecule has 0 aliphatic heterocycles. The van der Waals surface area contributed by atoms with Crippen molar-refractivity contribution >= 4 is 5.91 Å². The van der Waals surface area contributed by atoms with Crippen molar-refractivity contribution in [3.8, 4) is 6.07 Å². The molecule has 4 fully saturated rings. The highest BCUT2D eigenvalue weighted by atomic mass is 16.2. The summed E-state index contributed by atoms with van der Waals surface area (Å²) in [5.41, 5.74) is 1.73. The number of nitriles is 1. The Balaban J connectivity index is 1.44. The Bertz CT molecular complexity index is 615. The molecule has 1 aromatic carbocycles. The first-order chi connectivity index (χ1) is 11.1. The number of carbonyl (C=O) groups excluding carboxylic acids is 1. The minimum absolute atomic E-state index is 0.00688. The van der Waals surface area contributed by atoms with Gasteiger partial charge in [0.15, 0.2) is 0 Å². The van der Waals surface area contributed by atoms with E-state index in [-0.39, 0.29) is 17.9 Å². The zero-order valence-corrected chi connectivity index (χ0v) is 13.7. The zero-order valence-electron chi connectivity index (χ0n) is 13.7. The molecule has 1 atom stereocenters. The smallest absolute Gasteiger partial charge is 0.224 e. The molecule has 1 aromatic rings. The average Bonchev–Trinajstić information content (AvgIpc) is 2.54. The van der Waals surface area contributed by atoms with E-state index in [4.69, 9.17) is 5.26 Å². The van der Waals surface area contributed by atoms with Crippen LogP contribution in [0.25, 0.3) is 0 Å². The number of hydrogen-bond acceptors (Lipinski definition) is 2. The lowest BCUT2D eigenvalue weighted by Crippen LogP contribution is -2.51. The largest absolute Gasteiger partial charge is 0.349 e. The molecule has 1 unspecified atom stereocenters. The molecule has 1 amide bonds. The van der Waals surface area contributed by atoms with Crippen LogP contribution >= 0.6 is 0 Å². The van der Waals surface area contributed by atoms with E-state index >= 15 is 0 Å². The second kappa shape index (κ2) is 5.67. The van der Waals surface area contributed by atoms with Gasteiger partial charge in [-0.05, 0) is 80.4 Å². The van der Waals surface area contributed by atoms with Gasteiger partial charge in [0.25, 0.3) is 0 Å². The van der Waals surface area contributed by atoms with Crippen LogP contribution in [0.15, 0.2) is 24.3 Å². The predicted molar refractivity (Wildman–Crippen MR) is 88.2 cm³/mol.